The highest BCUT2D eigenvalue weighted by atomic mass is 35.5. The third kappa shape index (κ3) is 5.22. The van der Waals surface area contributed by atoms with Gasteiger partial charge in [0.15, 0.2) is 5.78 Å². The number of hydrogen-bond acceptors (Lipinski definition) is 4. The van der Waals surface area contributed by atoms with E-state index in [4.69, 9.17) is 23.2 Å². The predicted molar refractivity (Wildman–Crippen MR) is 110 cm³/mol. The molecule has 1 fully saturated rings. The first-order valence-electron chi connectivity index (χ1n) is 8.75. The molecule has 0 spiro atoms. The van der Waals surface area contributed by atoms with Gasteiger partial charge < -0.3 is 10.2 Å². The summed E-state index contributed by atoms with van der Waals surface area (Å²) in [6, 6.07) is 12.6. The van der Waals surface area contributed by atoms with E-state index >= 15 is 0 Å². The third-order valence-corrected chi connectivity index (χ3v) is 5.30. The summed E-state index contributed by atoms with van der Waals surface area (Å²) in [5, 5.41) is 3.95. The number of hydrogen-bond donors (Lipinski definition) is 1. The molecule has 27 heavy (non-hydrogen) atoms. The molecule has 0 aromatic heterocycles. The normalized spacial score (nSPS) is 14.9. The molecule has 1 N–H and O–H groups in total. The van der Waals surface area contributed by atoms with Crippen molar-refractivity contribution in [3.8, 4) is 0 Å². The Morgan fingerprint density at radius 2 is 1.74 bits per heavy atom. The van der Waals surface area contributed by atoms with Crippen molar-refractivity contribution in [2.45, 2.75) is 6.92 Å². The summed E-state index contributed by atoms with van der Waals surface area (Å²) in [6.07, 6.45) is 0. The van der Waals surface area contributed by atoms with E-state index in [1.807, 2.05) is 12.1 Å². The van der Waals surface area contributed by atoms with Crippen LogP contribution in [0.2, 0.25) is 10.0 Å². The topological polar surface area (TPSA) is 52.7 Å². The number of benzene rings is 2. The molecule has 7 heteroatoms. The number of nitrogens with zero attached hydrogens (tertiary/aromatic N) is 2. The smallest absolute Gasteiger partial charge is 0.238 e. The van der Waals surface area contributed by atoms with E-state index in [1.54, 1.807) is 30.3 Å². The highest BCUT2D eigenvalue weighted by Crippen LogP contribution is 2.27. The zero-order chi connectivity index (χ0) is 19.4. The Morgan fingerprint density at radius 1 is 1.00 bits per heavy atom. The van der Waals surface area contributed by atoms with Gasteiger partial charge in [0.2, 0.25) is 5.91 Å². The molecule has 1 saturated heterocycles. The maximum Gasteiger partial charge on any atom is 0.238 e. The number of halogens is 2. The number of anilines is 2. The maximum absolute atomic E-state index is 12.3. The fraction of sp³-hybridized carbons (Fsp3) is 0.300. The Labute approximate surface area is 168 Å². The van der Waals surface area contributed by atoms with E-state index in [1.165, 1.54) is 6.92 Å². The first kappa shape index (κ1) is 19.7. The summed E-state index contributed by atoms with van der Waals surface area (Å²) in [4.78, 5) is 28.1. The molecule has 2 aromatic carbocycles. The van der Waals surface area contributed by atoms with Gasteiger partial charge >= 0.3 is 0 Å². The monoisotopic (exact) mass is 405 g/mol. The molecule has 5 nitrogen and oxygen atoms in total. The van der Waals surface area contributed by atoms with Crippen molar-refractivity contribution in [3.63, 3.8) is 0 Å². The standard InChI is InChI=1S/C20H21Cl2N3O2/c1-14(26)15-3-2-4-16(11-15)23-20(27)13-24-7-9-25(10-8-24)17-5-6-18(21)19(22)12-17/h2-6,11-12H,7-10,13H2,1H3,(H,23,27). The average Bonchev–Trinajstić information content (AvgIpc) is 2.65. The molecule has 0 aliphatic carbocycles. The van der Waals surface area contributed by atoms with Crippen molar-refractivity contribution in [1.29, 1.82) is 0 Å². The van der Waals surface area contributed by atoms with Crippen LogP contribution < -0.4 is 10.2 Å². The van der Waals surface area contributed by atoms with Gasteiger partial charge in [0.25, 0.3) is 0 Å². The van der Waals surface area contributed by atoms with Crippen LogP contribution in [0.15, 0.2) is 42.5 Å². The van der Waals surface area contributed by atoms with E-state index in [-0.39, 0.29) is 11.7 Å². The molecule has 3 rings (SSSR count). The summed E-state index contributed by atoms with van der Waals surface area (Å²) < 4.78 is 0. The summed E-state index contributed by atoms with van der Waals surface area (Å²) >= 11 is 12.1. The van der Waals surface area contributed by atoms with Gasteiger partial charge in [-0.05, 0) is 37.3 Å². The van der Waals surface area contributed by atoms with Crippen LogP contribution in [0.3, 0.4) is 0 Å². The van der Waals surface area contributed by atoms with E-state index in [0.29, 0.717) is 27.8 Å². The second-order valence-electron chi connectivity index (χ2n) is 6.55. The molecule has 1 aliphatic rings. The number of carbonyl (C=O) groups excluding carboxylic acids is 2. The van der Waals surface area contributed by atoms with Crippen LogP contribution in [-0.4, -0.2) is 49.3 Å². The van der Waals surface area contributed by atoms with Crippen molar-refractivity contribution in [2.75, 3.05) is 42.9 Å². The van der Waals surface area contributed by atoms with Gasteiger partial charge in [-0.25, -0.2) is 0 Å². The number of amides is 1. The van der Waals surface area contributed by atoms with E-state index in [0.717, 1.165) is 31.9 Å². The van der Waals surface area contributed by atoms with Crippen LogP contribution >= 0.6 is 23.2 Å². The van der Waals surface area contributed by atoms with Crippen molar-refractivity contribution in [1.82, 2.24) is 4.90 Å². The molecule has 0 unspecified atom stereocenters. The number of rotatable bonds is 5. The number of piperazine rings is 1. The molecular formula is C20H21Cl2N3O2. The number of carbonyl (C=O) groups is 2. The molecule has 142 valence electrons. The lowest BCUT2D eigenvalue weighted by Crippen LogP contribution is -2.48. The largest absolute Gasteiger partial charge is 0.369 e. The molecule has 2 aromatic rings. The lowest BCUT2D eigenvalue weighted by atomic mass is 10.1. The molecule has 1 amide bonds. The predicted octanol–water partition coefficient (Wildman–Crippen LogP) is 3.96. The minimum atomic E-state index is -0.0845. The molecule has 1 aliphatic heterocycles. The Hall–Kier alpha value is -2.08. The zero-order valence-corrected chi connectivity index (χ0v) is 16.6. The van der Waals surface area contributed by atoms with Crippen LogP contribution in [0.4, 0.5) is 11.4 Å². The average molecular weight is 406 g/mol. The van der Waals surface area contributed by atoms with Crippen LogP contribution in [-0.2, 0) is 4.79 Å². The molecule has 0 saturated carbocycles. The first-order valence-corrected chi connectivity index (χ1v) is 9.51. The highest BCUT2D eigenvalue weighted by molar-refractivity contribution is 6.42. The molecule has 0 atom stereocenters. The number of nitrogens with one attached hydrogen (secondary N) is 1. The van der Waals surface area contributed by atoms with Crippen LogP contribution in [0, 0.1) is 0 Å². The number of ketones is 1. The second-order valence-corrected chi connectivity index (χ2v) is 7.36. The molecule has 1 heterocycles. The third-order valence-electron chi connectivity index (χ3n) is 4.56. The van der Waals surface area contributed by atoms with E-state index in [9.17, 15) is 9.59 Å². The van der Waals surface area contributed by atoms with Crippen LogP contribution in [0.1, 0.15) is 17.3 Å². The van der Waals surface area contributed by atoms with Crippen LogP contribution in [0.5, 0.6) is 0 Å². The molecule has 0 radical (unpaired) electrons. The van der Waals surface area contributed by atoms with E-state index in [2.05, 4.69) is 15.1 Å². The van der Waals surface area contributed by atoms with Gasteiger partial charge in [0.05, 0.1) is 16.6 Å². The quantitative estimate of drug-likeness (QED) is 0.764. The van der Waals surface area contributed by atoms with Gasteiger partial charge in [-0.3, -0.25) is 14.5 Å². The van der Waals surface area contributed by atoms with Crippen molar-refractivity contribution in [3.05, 3.63) is 58.1 Å². The van der Waals surface area contributed by atoms with Crippen LogP contribution in [0.25, 0.3) is 0 Å². The van der Waals surface area contributed by atoms with Crippen molar-refractivity contribution in [2.24, 2.45) is 0 Å². The van der Waals surface area contributed by atoms with E-state index < -0.39 is 0 Å². The Kier molecular flexibility index (Phi) is 6.37. The van der Waals surface area contributed by atoms with Gasteiger partial charge in [-0.15, -0.1) is 0 Å². The minimum absolute atomic E-state index is 0.0236. The molecule has 0 bridgehead atoms. The zero-order valence-electron chi connectivity index (χ0n) is 15.0. The van der Waals surface area contributed by atoms with Gasteiger partial charge in [-0.2, -0.15) is 0 Å². The fourth-order valence-corrected chi connectivity index (χ4v) is 3.36. The number of Topliss-reactive ketones (excluding diaryl/α,β-unsaturated/α-hetero) is 1. The summed E-state index contributed by atoms with van der Waals surface area (Å²) in [5.41, 5.74) is 2.26. The van der Waals surface area contributed by atoms with Crippen molar-refractivity contribution >= 4 is 46.3 Å². The lowest BCUT2D eigenvalue weighted by Gasteiger charge is -2.35. The Bertz CT molecular complexity index is 849. The maximum atomic E-state index is 12.3. The summed E-state index contributed by atoms with van der Waals surface area (Å²) in [5.74, 6) is -0.108. The Morgan fingerprint density at radius 3 is 2.41 bits per heavy atom. The highest BCUT2D eigenvalue weighted by Gasteiger charge is 2.20. The minimum Gasteiger partial charge on any atom is -0.369 e. The first-order chi connectivity index (χ1) is 12.9. The van der Waals surface area contributed by atoms with Gasteiger partial charge in [0.1, 0.15) is 0 Å². The lowest BCUT2D eigenvalue weighted by molar-refractivity contribution is -0.117. The van der Waals surface area contributed by atoms with Gasteiger partial charge in [0, 0.05) is 43.1 Å². The van der Waals surface area contributed by atoms with Gasteiger partial charge in [-0.1, -0.05) is 35.3 Å². The van der Waals surface area contributed by atoms with Crippen molar-refractivity contribution < 1.29 is 9.59 Å². The molecular weight excluding hydrogens is 385 g/mol. The SMILES string of the molecule is CC(=O)c1cccc(NC(=O)CN2CCN(c3ccc(Cl)c(Cl)c3)CC2)c1. The summed E-state index contributed by atoms with van der Waals surface area (Å²) in [6.45, 7) is 5.01. The summed E-state index contributed by atoms with van der Waals surface area (Å²) in [7, 11) is 0. The Balaban J connectivity index is 1.51. The second kappa shape index (κ2) is 8.74. The fourth-order valence-electron chi connectivity index (χ4n) is 3.07.